The minimum atomic E-state index is -0.466. The topological polar surface area (TPSA) is 75.4 Å². The standard InChI is InChI=1S/C14H22N2O2.ClH/c1-3-4-13(15)14(18)16-9-11-5-7-12(8-6-11)10(2)17;/h5-8,10,13,17H,3-4,9,15H2,1-2H3,(H,16,18);1H. The van der Waals surface area contributed by atoms with E-state index in [0.717, 1.165) is 17.5 Å². The quantitative estimate of drug-likeness (QED) is 0.748. The maximum Gasteiger partial charge on any atom is 0.237 e. The Morgan fingerprint density at radius 3 is 2.42 bits per heavy atom. The first-order valence-corrected chi connectivity index (χ1v) is 6.34. The average Bonchev–Trinajstić information content (AvgIpc) is 2.36. The molecule has 108 valence electrons. The molecule has 0 aliphatic heterocycles. The highest BCUT2D eigenvalue weighted by Crippen LogP contribution is 2.12. The molecule has 2 atom stereocenters. The number of halogens is 1. The summed E-state index contributed by atoms with van der Waals surface area (Å²) >= 11 is 0. The monoisotopic (exact) mass is 286 g/mol. The number of aliphatic hydroxyl groups is 1. The average molecular weight is 287 g/mol. The third-order valence-electron chi connectivity index (χ3n) is 2.87. The molecule has 5 heteroatoms. The lowest BCUT2D eigenvalue weighted by Crippen LogP contribution is -2.40. The van der Waals surface area contributed by atoms with Crippen LogP contribution in [0.1, 0.15) is 43.9 Å². The Hall–Kier alpha value is -1.10. The molecule has 1 amide bonds. The van der Waals surface area contributed by atoms with Crippen LogP contribution in [-0.2, 0) is 11.3 Å². The lowest BCUT2D eigenvalue weighted by Gasteiger charge is -2.11. The van der Waals surface area contributed by atoms with Crippen LogP contribution < -0.4 is 11.1 Å². The molecule has 1 rings (SSSR count). The molecule has 19 heavy (non-hydrogen) atoms. The zero-order valence-corrected chi connectivity index (χ0v) is 12.2. The molecule has 0 radical (unpaired) electrons. The molecule has 0 saturated heterocycles. The van der Waals surface area contributed by atoms with Gasteiger partial charge in [-0.2, -0.15) is 0 Å². The van der Waals surface area contributed by atoms with Gasteiger partial charge in [-0.3, -0.25) is 4.79 Å². The van der Waals surface area contributed by atoms with Crippen molar-refractivity contribution < 1.29 is 9.90 Å². The van der Waals surface area contributed by atoms with Crippen molar-refractivity contribution in [3.05, 3.63) is 35.4 Å². The van der Waals surface area contributed by atoms with Crippen molar-refractivity contribution in [3.63, 3.8) is 0 Å². The van der Waals surface area contributed by atoms with Crippen molar-refractivity contribution in [2.75, 3.05) is 0 Å². The van der Waals surface area contributed by atoms with Gasteiger partial charge in [0.25, 0.3) is 0 Å². The lowest BCUT2D eigenvalue weighted by molar-refractivity contribution is -0.122. The number of carbonyl (C=O) groups excluding carboxylic acids is 1. The van der Waals surface area contributed by atoms with Crippen LogP contribution in [-0.4, -0.2) is 17.1 Å². The van der Waals surface area contributed by atoms with Crippen LogP contribution >= 0.6 is 12.4 Å². The van der Waals surface area contributed by atoms with Gasteiger partial charge < -0.3 is 16.2 Å². The summed E-state index contributed by atoms with van der Waals surface area (Å²) in [6.07, 6.45) is 1.14. The number of benzene rings is 1. The Morgan fingerprint density at radius 2 is 1.95 bits per heavy atom. The lowest BCUT2D eigenvalue weighted by atomic mass is 10.1. The van der Waals surface area contributed by atoms with E-state index in [-0.39, 0.29) is 18.3 Å². The van der Waals surface area contributed by atoms with Gasteiger partial charge in [0, 0.05) is 6.54 Å². The summed E-state index contributed by atoms with van der Waals surface area (Å²) in [5, 5.41) is 12.2. The zero-order valence-electron chi connectivity index (χ0n) is 11.4. The smallest absolute Gasteiger partial charge is 0.237 e. The molecular weight excluding hydrogens is 264 g/mol. The van der Waals surface area contributed by atoms with Crippen molar-refractivity contribution in [2.45, 2.75) is 45.4 Å². The molecule has 0 aliphatic carbocycles. The molecule has 0 saturated carbocycles. The number of hydrogen-bond donors (Lipinski definition) is 3. The molecule has 1 aromatic carbocycles. The van der Waals surface area contributed by atoms with Crippen LogP contribution in [0.25, 0.3) is 0 Å². The summed E-state index contributed by atoms with van der Waals surface area (Å²) in [6.45, 7) is 4.19. The summed E-state index contributed by atoms with van der Waals surface area (Å²) in [5.41, 5.74) is 7.58. The number of nitrogens with one attached hydrogen (secondary N) is 1. The Labute approximate surface area is 120 Å². The Morgan fingerprint density at radius 1 is 1.37 bits per heavy atom. The third-order valence-corrected chi connectivity index (χ3v) is 2.87. The van der Waals surface area contributed by atoms with Crippen molar-refractivity contribution in [3.8, 4) is 0 Å². The van der Waals surface area contributed by atoms with Crippen LogP contribution in [0.4, 0.5) is 0 Å². The van der Waals surface area contributed by atoms with Crippen molar-refractivity contribution in [1.29, 1.82) is 0 Å². The Kier molecular flexibility index (Phi) is 8.39. The molecule has 2 unspecified atom stereocenters. The van der Waals surface area contributed by atoms with E-state index in [1.54, 1.807) is 6.92 Å². The number of amides is 1. The first-order valence-electron chi connectivity index (χ1n) is 6.34. The summed E-state index contributed by atoms with van der Waals surface area (Å²) < 4.78 is 0. The van der Waals surface area contributed by atoms with Gasteiger partial charge in [0.2, 0.25) is 5.91 Å². The fraction of sp³-hybridized carbons (Fsp3) is 0.500. The third kappa shape index (κ3) is 6.05. The molecule has 0 spiro atoms. The first-order chi connectivity index (χ1) is 8.54. The van der Waals surface area contributed by atoms with E-state index in [1.807, 2.05) is 31.2 Å². The summed E-state index contributed by atoms with van der Waals surface area (Å²) in [5.74, 6) is -0.114. The van der Waals surface area contributed by atoms with Crippen LogP contribution in [0.5, 0.6) is 0 Å². The van der Waals surface area contributed by atoms with E-state index in [0.29, 0.717) is 13.0 Å². The Balaban J connectivity index is 0.00000324. The second-order valence-corrected chi connectivity index (χ2v) is 4.53. The molecule has 0 aliphatic rings. The largest absolute Gasteiger partial charge is 0.389 e. The molecule has 0 fully saturated rings. The summed E-state index contributed by atoms with van der Waals surface area (Å²) in [7, 11) is 0. The van der Waals surface area contributed by atoms with Gasteiger partial charge >= 0.3 is 0 Å². The maximum absolute atomic E-state index is 11.6. The predicted molar refractivity (Wildman–Crippen MR) is 79.1 cm³/mol. The van der Waals surface area contributed by atoms with E-state index >= 15 is 0 Å². The van der Waals surface area contributed by atoms with Crippen molar-refractivity contribution in [1.82, 2.24) is 5.32 Å². The minimum Gasteiger partial charge on any atom is -0.389 e. The van der Waals surface area contributed by atoms with Crippen LogP contribution in [0.2, 0.25) is 0 Å². The molecule has 0 aromatic heterocycles. The zero-order chi connectivity index (χ0) is 13.5. The molecule has 0 heterocycles. The van der Waals surface area contributed by atoms with E-state index in [1.165, 1.54) is 0 Å². The minimum absolute atomic E-state index is 0. The molecule has 0 bridgehead atoms. The number of rotatable bonds is 6. The fourth-order valence-electron chi connectivity index (χ4n) is 1.68. The van der Waals surface area contributed by atoms with E-state index in [2.05, 4.69) is 5.32 Å². The van der Waals surface area contributed by atoms with Crippen LogP contribution in [0.3, 0.4) is 0 Å². The van der Waals surface area contributed by atoms with E-state index in [9.17, 15) is 9.90 Å². The Bertz CT molecular complexity index is 380. The number of hydrogen-bond acceptors (Lipinski definition) is 3. The van der Waals surface area contributed by atoms with Crippen LogP contribution in [0.15, 0.2) is 24.3 Å². The number of carbonyl (C=O) groups is 1. The van der Waals surface area contributed by atoms with Crippen LogP contribution in [0, 0.1) is 0 Å². The highest BCUT2D eigenvalue weighted by Gasteiger charge is 2.11. The second kappa shape index (κ2) is 8.91. The van der Waals surface area contributed by atoms with Crippen molar-refractivity contribution >= 4 is 18.3 Å². The molecule has 4 N–H and O–H groups in total. The fourth-order valence-corrected chi connectivity index (χ4v) is 1.68. The molecular formula is C14H23ClN2O2. The van der Waals surface area contributed by atoms with Crippen molar-refractivity contribution in [2.24, 2.45) is 5.73 Å². The van der Waals surface area contributed by atoms with Gasteiger partial charge in [0.15, 0.2) is 0 Å². The second-order valence-electron chi connectivity index (χ2n) is 4.53. The maximum atomic E-state index is 11.6. The van der Waals surface area contributed by atoms with Gasteiger partial charge in [-0.1, -0.05) is 37.6 Å². The molecule has 1 aromatic rings. The SMILES string of the molecule is CCCC(N)C(=O)NCc1ccc(C(C)O)cc1.Cl. The van der Waals surface area contributed by atoms with Gasteiger partial charge in [-0.25, -0.2) is 0 Å². The van der Waals surface area contributed by atoms with E-state index < -0.39 is 12.1 Å². The van der Waals surface area contributed by atoms with Gasteiger partial charge in [-0.05, 0) is 24.5 Å². The predicted octanol–water partition coefficient (Wildman–Crippen LogP) is 1.91. The number of aliphatic hydroxyl groups excluding tert-OH is 1. The summed E-state index contributed by atoms with van der Waals surface area (Å²) in [6, 6.07) is 7.09. The highest BCUT2D eigenvalue weighted by atomic mass is 35.5. The highest BCUT2D eigenvalue weighted by molar-refractivity contribution is 5.85. The first kappa shape index (κ1) is 17.9. The summed E-state index contributed by atoms with van der Waals surface area (Å²) in [4.78, 5) is 11.6. The van der Waals surface area contributed by atoms with E-state index in [4.69, 9.17) is 5.73 Å². The van der Waals surface area contributed by atoms with Gasteiger partial charge in [0.05, 0.1) is 12.1 Å². The normalized spacial score (nSPS) is 13.3. The molecule has 4 nitrogen and oxygen atoms in total. The van der Waals surface area contributed by atoms with Gasteiger partial charge in [-0.15, -0.1) is 12.4 Å². The van der Waals surface area contributed by atoms with Gasteiger partial charge in [0.1, 0.15) is 0 Å². The number of nitrogens with two attached hydrogens (primary N) is 1.